The summed E-state index contributed by atoms with van der Waals surface area (Å²) < 4.78 is 4.69. The van der Waals surface area contributed by atoms with Crippen molar-refractivity contribution in [1.29, 1.82) is 0 Å². The highest BCUT2D eigenvalue weighted by Gasteiger charge is 2.36. The molecule has 4 aromatic rings. The third-order valence-electron chi connectivity index (χ3n) is 10.3. The number of Topliss-reactive ketones (excluding diaryl/α,β-unsaturated/α-hetero) is 1. The van der Waals surface area contributed by atoms with Crippen LogP contribution in [-0.4, -0.2) is 101 Å². The fourth-order valence-corrected chi connectivity index (χ4v) is 7.01. The summed E-state index contributed by atoms with van der Waals surface area (Å²) in [5, 5.41) is 33.2. The van der Waals surface area contributed by atoms with Crippen molar-refractivity contribution in [3.05, 3.63) is 107 Å². The first-order chi connectivity index (χ1) is 29.6. The fourth-order valence-electron chi connectivity index (χ4n) is 6.88. The number of aromatic hydroxyl groups is 2. The quantitative estimate of drug-likeness (QED) is 0.0716. The van der Waals surface area contributed by atoms with Gasteiger partial charge in [-0.15, -0.1) is 0 Å². The zero-order valence-electron chi connectivity index (χ0n) is 34.4. The Kier molecular flexibility index (Phi) is 15.8. The van der Waals surface area contributed by atoms with Crippen LogP contribution in [0.15, 0.2) is 84.9 Å². The van der Waals surface area contributed by atoms with Crippen molar-refractivity contribution in [2.24, 2.45) is 5.73 Å². The molecule has 1 aliphatic rings. The zero-order chi connectivity index (χ0) is 45.1. The third kappa shape index (κ3) is 11.9. The van der Waals surface area contributed by atoms with Gasteiger partial charge in [-0.05, 0) is 104 Å². The first-order valence-corrected chi connectivity index (χ1v) is 20.3. The lowest BCUT2D eigenvalue weighted by Crippen LogP contribution is -2.56. The van der Waals surface area contributed by atoms with E-state index in [2.05, 4.69) is 21.3 Å². The summed E-state index contributed by atoms with van der Waals surface area (Å²) in [6, 6.07) is 17.3. The summed E-state index contributed by atoms with van der Waals surface area (Å²) in [6.45, 7) is 1.76. The molecule has 4 atom stereocenters. The number of likely N-dealkylation sites (N-methyl/N-ethyl adjacent to an activating group) is 1. The number of carbonyl (C=O) groups is 7. The van der Waals surface area contributed by atoms with Gasteiger partial charge in [0.1, 0.15) is 35.7 Å². The van der Waals surface area contributed by atoms with Crippen molar-refractivity contribution in [3.8, 4) is 33.8 Å². The van der Waals surface area contributed by atoms with Gasteiger partial charge in [0.15, 0.2) is 12.4 Å². The van der Waals surface area contributed by atoms with Gasteiger partial charge in [0.2, 0.25) is 23.6 Å². The number of phenolic OH excluding ortho intramolecular Hbond substituents is 2. The number of nitrogens with one attached hydrogen (secondary N) is 4. The molecule has 4 bridgehead atoms. The monoisotopic (exact) mass is 868 g/mol. The molecule has 16 nitrogen and oxygen atoms in total. The number of phenols is 2. The van der Waals surface area contributed by atoms with Crippen LogP contribution in [-0.2, 0) is 39.9 Å². The van der Waals surface area contributed by atoms with Crippen molar-refractivity contribution in [3.63, 3.8) is 0 Å². The molecule has 0 fully saturated rings. The summed E-state index contributed by atoms with van der Waals surface area (Å²) >= 11 is 6.04. The van der Waals surface area contributed by atoms with E-state index >= 15 is 0 Å². The Morgan fingerprint density at radius 2 is 1.50 bits per heavy atom. The van der Waals surface area contributed by atoms with Crippen molar-refractivity contribution in [2.45, 2.75) is 63.7 Å². The molecular formula is C45H49ClN6O10. The van der Waals surface area contributed by atoms with E-state index in [1.807, 2.05) is 12.1 Å². The Labute approximate surface area is 363 Å². The molecule has 8 N–H and O–H groups in total. The van der Waals surface area contributed by atoms with E-state index in [0.717, 1.165) is 23.0 Å². The molecule has 62 heavy (non-hydrogen) atoms. The van der Waals surface area contributed by atoms with Gasteiger partial charge < -0.3 is 46.9 Å². The normalized spacial score (nSPS) is 16.7. The second kappa shape index (κ2) is 21.1. The van der Waals surface area contributed by atoms with Crippen LogP contribution in [0.25, 0.3) is 22.3 Å². The molecule has 0 saturated heterocycles. The average molecular weight is 869 g/mol. The number of fused-ring (bicyclic) bond motifs is 5. The number of nitrogens with zero attached hydrogens (tertiary/aromatic N) is 1. The predicted molar refractivity (Wildman–Crippen MR) is 230 cm³/mol. The van der Waals surface area contributed by atoms with Crippen LogP contribution in [0.1, 0.15) is 60.6 Å². The molecule has 5 amide bonds. The third-order valence-corrected chi connectivity index (χ3v) is 10.5. The highest BCUT2D eigenvalue weighted by atomic mass is 35.5. The SMILES string of the molecule is CC(=O)OCC(=O)CNC(=O)[C@@H]1Cc2ccc(O)c(c2)-c2cc(ccc2O)[C@H](N(C)C(=O)[C@H](CCCCN)NC(=O)c2ccc(-c3ccc(Cl)cc3)cc2)C(=O)N[C@@H](C)C(=O)N1. The summed E-state index contributed by atoms with van der Waals surface area (Å²) in [6.07, 6.45) is 1.03. The van der Waals surface area contributed by atoms with Gasteiger partial charge >= 0.3 is 5.97 Å². The second-order valence-electron chi connectivity index (χ2n) is 14.9. The zero-order valence-corrected chi connectivity index (χ0v) is 35.2. The number of esters is 1. The number of benzene rings is 4. The minimum absolute atomic E-state index is 0.0848. The lowest BCUT2D eigenvalue weighted by molar-refractivity contribution is -0.145. The number of amides is 5. The van der Waals surface area contributed by atoms with Crippen LogP contribution < -0.4 is 27.0 Å². The highest BCUT2D eigenvalue weighted by molar-refractivity contribution is 6.30. The summed E-state index contributed by atoms with van der Waals surface area (Å²) in [5.41, 5.74) is 8.60. The van der Waals surface area contributed by atoms with Crippen molar-refractivity contribution < 1.29 is 48.5 Å². The Hall–Kier alpha value is -6.78. The predicted octanol–water partition coefficient (Wildman–Crippen LogP) is 3.31. The summed E-state index contributed by atoms with van der Waals surface area (Å²) in [5.74, 6) is -5.41. The number of hydrogen-bond donors (Lipinski definition) is 7. The number of hydrogen-bond acceptors (Lipinski definition) is 11. The fraction of sp³-hybridized carbons (Fsp3) is 0.311. The molecular weight excluding hydrogens is 820 g/mol. The van der Waals surface area contributed by atoms with Gasteiger partial charge in [0.05, 0.1) is 6.54 Å². The van der Waals surface area contributed by atoms with Gasteiger partial charge in [-0.1, -0.05) is 48.0 Å². The average Bonchev–Trinajstić information content (AvgIpc) is 3.25. The Morgan fingerprint density at radius 1 is 0.871 bits per heavy atom. The molecule has 0 aliphatic carbocycles. The second-order valence-corrected chi connectivity index (χ2v) is 15.3. The van der Waals surface area contributed by atoms with Crippen LogP contribution in [0, 0.1) is 0 Å². The number of carbonyl (C=O) groups excluding carboxylic acids is 7. The first-order valence-electron chi connectivity index (χ1n) is 19.9. The van der Waals surface area contributed by atoms with Crippen molar-refractivity contribution in [2.75, 3.05) is 26.7 Å². The molecule has 1 aliphatic heterocycles. The summed E-state index contributed by atoms with van der Waals surface area (Å²) in [4.78, 5) is 94.2. The van der Waals surface area contributed by atoms with Gasteiger partial charge in [-0.25, -0.2) is 0 Å². The lowest BCUT2D eigenvalue weighted by atomic mass is 9.93. The molecule has 0 spiro atoms. The molecule has 5 rings (SSSR count). The number of nitrogens with two attached hydrogens (primary N) is 1. The van der Waals surface area contributed by atoms with Gasteiger partial charge in [0.25, 0.3) is 5.91 Å². The number of ketones is 1. The number of halogens is 1. The van der Waals surface area contributed by atoms with Crippen molar-refractivity contribution >= 4 is 52.9 Å². The molecule has 1 heterocycles. The Balaban J connectivity index is 1.46. The molecule has 0 aromatic heterocycles. The van der Waals surface area contributed by atoms with E-state index in [1.165, 1.54) is 50.4 Å². The standard InChI is InChI=1S/C45H49ClN6O10/c1-25-41(57)51-37(43(59)48-23-33(54)24-62-26(2)53)21-27-7-17-38(55)34(20-27)35-22-31(14-18-39(35)56)40(44(60)49-25)52(3)45(61)36(6-4-5-19-47)50-42(58)30-10-8-28(9-11-30)29-12-15-32(46)16-13-29/h7-18,20,22,25,36-37,40,55-56H,4-6,19,21,23-24,47H2,1-3H3,(H,48,59)(H,49,60)(H,50,58)(H,51,57)/t25-,36-,37-,40-/m0/s1. The first kappa shape index (κ1) is 46.3. The maximum absolute atomic E-state index is 14.5. The van der Waals surface area contributed by atoms with E-state index in [1.54, 1.807) is 36.4 Å². The minimum Gasteiger partial charge on any atom is -0.507 e. The molecule has 326 valence electrons. The molecule has 0 unspecified atom stereocenters. The van der Waals surface area contributed by atoms with Gasteiger partial charge in [0, 0.05) is 42.1 Å². The highest BCUT2D eigenvalue weighted by Crippen LogP contribution is 2.39. The van der Waals surface area contributed by atoms with Crippen LogP contribution in [0.5, 0.6) is 11.5 Å². The summed E-state index contributed by atoms with van der Waals surface area (Å²) in [7, 11) is 1.37. The maximum Gasteiger partial charge on any atom is 0.303 e. The van der Waals surface area contributed by atoms with Crippen LogP contribution in [0.4, 0.5) is 0 Å². The van der Waals surface area contributed by atoms with E-state index in [0.29, 0.717) is 30.0 Å². The van der Waals surface area contributed by atoms with Gasteiger partial charge in [-0.3, -0.25) is 33.6 Å². The van der Waals surface area contributed by atoms with Crippen LogP contribution in [0.2, 0.25) is 5.02 Å². The maximum atomic E-state index is 14.5. The lowest BCUT2D eigenvalue weighted by Gasteiger charge is -2.32. The number of unbranched alkanes of at least 4 members (excludes halogenated alkanes) is 1. The van der Waals surface area contributed by atoms with E-state index in [4.69, 9.17) is 22.1 Å². The molecule has 4 aromatic carbocycles. The van der Waals surface area contributed by atoms with E-state index in [-0.39, 0.29) is 46.6 Å². The smallest absolute Gasteiger partial charge is 0.303 e. The van der Waals surface area contributed by atoms with Crippen LogP contribution in [0.3, 0.4) is 0 Å². The largest absolute Gasteiger partial charge is 0.507 e. The van der Waals surface area contributed by atoms with Crippen molar-refractivity contribution in [1.82, 2.24) is 26.2 Å². The molecule has 0 radical (unpaired) electrons. The number of rotatable bonds is 14. The topological polar surface area (TPSA) is 247 Å². The molecule has 17 heteroatoms. The minimum atomic E-state index is -1.46. The van der Waals surface area contributed by atoms with E-state index < -0.39 is 78.6 Å². The Bertz CT molecular complexity index is 2320. The van der Waals surface area contributed by atoms with Crippen LogP contribution >= 0.6 is 11.6 Å². The van der Waals surface area contributed by atoms with Gasteiger partial charge in [-0.2, -0.15) is 0 Å². The number of ether oxygens (including phenoxy) is 1. The Morgan fingerprint density at radius 3 is 2.15 bits per heavy atom. The van der Waals surface area contributed by atoms with E-state index in [9.17, 15) is 43.8 Å². The molecule has 0 saturated carbocycles.